The maximum absolute atomic E-state index is 12.8. The van der Waals surface area contributed by atoms with E-state index in [9.17, 15) is 25.1 Å². The molecule has 0 spiro atoms. The highest BCUT2D eigenvalue weighted by Gasteiger charge is 2.70. The summed E-state index contributed by atoms with van der Waals surface area (Å²) in [5.41, 5.74) is 3.76. The maximum Gasteiger partial charge on any atom is 0.313 e. The lowest BCUT2D eigenvalue weighted by molar-refractivity contribution is -0.221. The molecular weight excluding hydrogens is 687 g/mol. The summed E-state index contributed by atoms with van der Waals surface area (Å²) < 4.78 is 5.93. The Morgan fingerprint density at radius 2 is 1.76 bits per heavy atom. The second-order valence-electron chi connectivity index (χ2n) is 20.3. The lowest BCUT2D eigenvalue weighted by Crippen LogP contribution is -2.68. The van der Waals surface area contributed by atoms with Crippen molar-refractivity contribution in [2.75, 3.05) is 13.2 Å². The van der Waals surface area contributed by atoms with E-state index < -0.39 is 23.3 Å². The van der Waals surface area contributed by atoms with E-state index in [1.807, 2.05) is 6.92 Å². The molecule has 0 saturated heterocycles. The van der Waals surface area contributed by atoms with Gasteiger partial charge in [0.05, 0.1) is 5.92 Å². The van der Waals surface area contributed by atoms with E-state index in [4.69, 9.17) is 4.74 Å². The fraction of sp³-hybridized carbons (Fsp3) is 0.702. The molecule has 11 atom stereocenters. The predicted octanol–water partition coefficient (Wildman–Crippen LogP) is 9.77. The average Bonchev–Trinajstić information content (AvgIpc) is 3.53. The van der Waals surface area contributed by atoms with Crippen LogP contribution in [0.15, 0.2) is 53.8 Å². The zero-order valence-corrected chi connectivity index (χ0v) is 34.5. The summed E-state index contributed by atoms with van der Waals surface area (Å²) in [7, 11) is 0. The summed E-state index contributed by atoms with van der Waals surface area (Å²) in [4.78, 5) is 28.8. The first-order chi connectivity index (χ1) is 25.9. The number of hydrogen-bond donors (Lipinski definition) is 3. The predicted molar refractivity (Wildman–Crippen MR) is 214 cm³/mol. The molecule has 4 saturated carbocycles. The van der Waals surface area contributed by atoms with Crippen LogP contribution in [0.3, 0.4) is 0 Å². The van der Waals surface area contributed by atoms with Gasteiger partial charge < -0.3 is 20.3 Å². The van der Waals surface area contributed by atoms with Crippen LogP contribution < -0.4 is 10.1 Å². The molecule has 0 bridgehead atoms. The number of pyridine rings is 1. The van der Waals surface area contributed by atoms with Crippen molar-refractivity contribution in [2.45, 2.75) is 131 Å². The van der Waals surface area contributed by atoms with Crippen LogP contribution in [0.4, 0.5) is 0 Å². The van der Waals surface area contributed by atoms with Gasteiger partial charge in [-0.25, -0.2) is 4.98 Å². The van der Waals surface area contributed by atoms with Crippen molar-refractivity contribution in [3.8, 4) is 11.9 Å². The van der Waals surface area contributed by atoms with Crippen molar-refractivity contribution in [2.24, 2.45) is 62.6 Å². The van der Waals surface area contributed by atoms with Crippen LogP contribution in [0.5, 0.6) is 5.88 Å². The number of allylic oxidation sites excluding steroid dienone is 5. The van der Waals surface area contributed by atoms with Crippen LogP contribution in [0.25, 0.3) is 0 Å². The zero-order valence-electron chi connectivity index (χ0n) is 34.5. The number of carboxylic acid groups (broad SMARTS) is 2. The molecule has 6 aliphatic rings. The third kappa shape index (κ3) is 6.03. The van der Waals surface area contributed by atoms with Gasteiger partial charge in [0.1, 0.15) is 23.7 Å². The van der Waals surface area contributed by atoms with E-state index in [0.717, 1.165) is 25.7 Å². The van der Waals surface area contributed by atoms with Crippen molar-refractivity contribution in [3.63, 3.8) is 0 Å². The van der Waals surface area contributed by atoms with E-state index in [1.54, 1.807) is 18.3 Å². The smallest absolute Gasteiger partial charge is 0.313 e. The first kappa shape index (κ1) is 39.8. The van der Waals surface area contributed by atoms with Crippen LogP contribution >= 0.6 is 0 Å². The number of hydrogen-bond acceptors (Lipinski definition) is 6. The summed E-state index contributed by atoms with van der Waals surface area (Å²) in [6, 6.07) is 5.41. The fourth-order valence-corrected chi connectivity index (χ4v) is 14.4. The van der Waals surface area contributed by atoms with Gasteiger partial charge in [-0.1, -0.05) is 65.8 Å². The molecule has 0 radical (unpaired) electrons. The molecule has 7 rings (SSSR count). The van der Waals surface area contributed by atoms with Crippen LogP contribution in [0, 0.1) is 73.9 Å². The highest BCUT2D eigenvalue weighted by molar-refractivity contribution is 5.75. The standard InChI is InChI=1S/C47H65N3O5/c1-29(2)33-15-22-47(50-27-30(3)40(51)52)24-23-44(7)35(38(33)47)11-12-37-43(6)18-16-34(42(4,5)36(43)17-19-45(37,44)8)31-13-20-46(21-14-31,41(53)54)28-55-39-32(26-48)10-9-25-49-39/h9-10,13,16,25,30,33,35-38,50H,1,11-12,14-15,17-24,27-28H2,2-8H3,(H,51,52)(H,53,54)/t30?,33-,35+,36-,37+,38+,43-,44+,45+,46-,47-/m0/s1. The monoisotopic (exact) mass is 751 g/mol. The van der Waals surface area contributed by atoms with Crippen LogP contribution in [0.2, 0.25) is 0 Å². The number of nitriles is 1. The molecule has 298 valence electrons. The van der Waals surface area contributed by atoms with Gasteiger partial charge in [-0.05, 0) is 159 Å². The van der Waals surface area contributed by atoms with Crippen molar-refractivity contribution in [1.82, 2.24) is 10.3 Å². The number of ether oxygens (including phenoxy) is 1. The minimum atomic E-state index is -1.06. The van der Waals surface area contributed by atoms with Gasteiger partial charge in [0.2, 0.25) is 5.88 Å². The largest absolute Gasteiger partial charge is 0.481 e. The Balaban J connectivity index is 1.14. The molecular formula is C47H65N3O5. The minimum absolute atomic E-state index is 0.0116. The molecule has 6 aliphatic carbocycles. The highest BCUT2D eigenvalue weighted by Crippen LogP contribution is 2.76. The van der Waals surface area contributed by atoms with Gasteiger partial charge in [0, 0.05) is 18.3 Å². The Bertz CT molecular complexity index is 1840. The van der Waals surface area contributed by atoms with E-state index >= 15 is 0 Å². The Labute approximate surface area is 329 Å². The number of nitrogens with zero attached hydrogens (tertiary/aromatic N) is 2. The topological polar surface area (TPSA) is 133 Å². The summed E-state index contributed by atoms with van der Waals surface area (Å²) in [6.07, 6.45) is 18.3. The Morgan fingerprint density at radius 3 is 2.42 bits per heavy atom. The Morgan fingerprint density at radius 1 is 1.00 bits per heavy atom. The van der Waals surface area contributed by atoms with Gasteiger partial charge in [0.15, 0.2) is 0 Å². The number of carboxylic acids is 2. The molecule has 0 aromatic carbocycles. The number of carbonyl (C=O) groups is 2. The van der Waals surface area contributed by atoms with Gasteiger partial charge in [-0.3, -0.25) is 9.59 Å². The van der Waals surface area contributed by atoms with Gasteiger partial charge in [0.25, 0.3) is 0 Å². The lowest BCUT2D eigenvalue weighted by Gasteiger charge is -2.72. The van der Waals surface area contributed by atoms with Gasteiger partial charge in [-0.15, -0.1) is 0 Å². The van der Waals surface area contributed by atoms with Crippen LogP contribution in [-0.4, -0.2) is 45.8 Å². The van der Waals surface area contributed by atoms with Crippen molar-refractivity contribution < 1.29 is 24.5 Å². The average molecular weight is 752 g/mol. The molecule has 0 aliphatic heterocycles. The summed E-state index contributed by atoms with van der Waals surface area (Å²) in [5, 5.41) is 33.6. The number of aromatic nitrogens is 1. The van der Waals surface area contributed by atoms with Crippen LogP contribution in [0.1, 0.15) is 131 Å². The molecule has 55 heavy (non-hydrogen) atoms. The summed E-state index contributed by atoms with van der Waals surface area (Å²) in [5.74, 6) is 0.873. The Hall–Kier alpha value is -3.44. The second-order valence-corrected chi connectivity index (χ2v) is 20.3. The number of nitrogens with one attached hydrogen (secondary N) is 1. The van der Waals surface area contributed by atoms with Crippen molar-refractivity contribution >= 4 is 11.9 Å². The van der Waals surface area contributed by atoms with E-state index in [0.29, 0.717) is 61.0 Å². The Kier molecular flexibility index (Phi) is 10.0. The zero-order chi connectivity index (χ0) is 39.8. The highest BCUT2D eigenvalue weighted by atomic mass is 16.5. The van der Waals surface area contributed by atoms with Crippen molar-refractivity contribution in [3.05, 3.63) is 59.3 Å². The molecule has 8 nitrogen and oxygen atoms in total. The van der Waals surface area contributed by atoms with E-state index in [2.05, 4.69) is 76.6 Å². The normalized spacial score (nSPS) is 40.8. The molecule has 0 amide bonds. The van der Waals surface area contributed by atoms with Crippen molar-refractivity contribution in [1.29, 1.82) is 5.26 Å². The molecule has 1 unspecified atom stereocenters. The fourth-order valence-electron chi connectivity index (χ4n) is 14.4. The summed E-state index contributed by atoms with van der Waals surface area (Å²) in [6.45, 7) is 21.9. The second kappa shape index (κ2) is 13.9. The number of aliphatic carboxylic acids is 2. The van der Waals surface area contributed by atoms with Gasteiger partial charge >= 0.3 is 11.9 Å². The lowest BCUT2D eigenvalue weighted by atomic mass is 9.33. The molecule has 8 heteroatoms. The quantitative estimate of drug-likeness (QED) is 0.201. The SMILES string of the molecule is C=C(C)[C@@H]1CC[C@]2(NCC(C)C(=O)O)CC[C@]3(C)[C@H](CC[C@@H]4[C@@]5(C)CC=C(C6=CC[C@](COc7ncccc7C#N)(C(=O)O)CC6)C(C)(C)[C@@H]5CC[C@]43C)[C@@H]12. The van der Waals surface area contributed by atoms with Gasteiger partial charge in [-0.2, -0.15) is 5.26 Å². The summed E-state index contributed by atoms with van der Waals surface area (Å²) >= 11 is 0. The molecule has 1 heterocycles. The maximum atomic E-state index is 12.8. The third-order valence-corrected chi connectivity index (χ3v) is 17.6. The molecule has 3 N–H and O–H groups in total. The van der Waals surface area contributed by atoms with E-state index in [-0.39, 0.29) is 39.7 Å². The number of fused-ring (bicyclic) bond motifs is 7. The molecule has 4 fully saturated rings. The third-order valence-electron chi connectivity index (χ3n) is 17.6. The molecule has 1 aromatic rings. The number of rotatable bonds is 10. The molecule has 1 aromatic heterocycles. The first-order valence-corrected chi connectivity index (χ1v) is 21.1. The minimum Gasteiger partial charge on any atom is -0.481 e. The first-order valence-electron chi connectivity index (χ1n) is 21.1. The van der Waals surface area contributed by atoms with E-state index in [1.165, 1.54) is 48.8 Å². The van der Waals surface area contributed by atoms with Crippen LogP contribution in [-0.2, 0) is 9.59 Å².